The molecule has 82 valence electrons. The van der Waals surface area contributed by atoms with Crippen LogP contribution in [0, 0.1) is 6.92 Å². The lowest BCUT2D eigenvalue weighted by Gasteiger charge is -2.08. The van der Waals surface area contributed by atoms with Crippen molar-refractivity contribution in [3.8, 4) is 0 Å². The molecule has 1 N–H and O–H groups in total. The van der Waals surface area contributed by atoms with Gasteiger partial charge in [0.05, 0.1) is 5.69 Å². The van der Waals surface area contributed by atoms with Crippen LogP contribution in [0.5, 0.6) is 0 Å². The molecule has 1 amide bonds. The molecule has 0 unspecified atom stereocenters. The van der Waals surface area contributed by atoms with Crippen molar-refractivity contribution >= 4 is 39.1 Å². The molecular weight excluding hydrogens is 291 g/mol. The normalized spacial score (nSPS) is 10.5. The Kier molecular flexibility index (Phi) is 4.04. The maximum atomic E-state index is 12.0. The van der Waals surface area contributed by atoms with Gasteiger partial charge in [-0.25, -0.2) is 0 Å². The number of benzene rings is 1. The Morgan fingerprint density at radius 2 is 2.13 bits per heavy atom. The Labute approximate surface area is 98.7 Å². The lowest BCUT2D eigenvalue weighted by molar-refractivity contribution is -0.126. The standard InChI is InChI=1S/C9H7BrClF2NO/c1-4-2-5(10)7(3-6(4)11)14-9(15)8(12)13/h2-3,8H,1H3,(H,14,15). The van der Waals surface area contributed by atoms with E-state index >= 15 is 0 Å². The third kappa shape index (κ3) is 3.14. The van der Waals surface area contributed by atoms with Crippen LogP contribution in [0.15, 0.2) is 16.6 Å². The first kappa shape index (κ1) is 12.4. The molecule has 15 heavy (non-hydrogen) atoms. The third-order valence-electron chi connectivity index (χ3n) is 1.70. The van der Waals surface area contributed by atoms with Gasteiger partial charge in [0.25, 0.3) is 5.91 Å². The van der Waals surface area contributed by atoms with Crippen LogP contribution < -0.4 is 5.32 Å². The number of aryl methyl sites for hydroxylation is 1. The maximum absolute atomic E-state index is 12.0. The van der Waals surface area contributed by atoms with Crippen molar-refractivity contribution in [1.29, 1.82) is 0 Å². The number of nitrogens with one attached hydrogen (secondary N) is 1. The Morgan fingerprint density at radius 3 is 2.67 bits per heavy atom. The molecule has 0 saturated carbocycles. The average molecular weight is 299 g/mol. The molecule has 0 atom stereocenters. The second kappa shape index (κ2) is 4.90. The number of alkyl halides is 2. The van der Waals surface area contributed by atoms with Crippen LogP contribution in [0.4, 0.5) is 14.5 Å². The first-order chi connectivity index (χ1) is 6.91. The molecule has 0 saturated heterocycles. The number of carbonyl (C=O) groups excluding carboxylic acids is 1. The van der Waals surface area contributed by atoms with E-state index < -0.39 is 12.3 Å². The van der Waals surface area contributed by atoms with Gasteiger partial charge in [0.1, 0.15) is 0 Å². The third-order valence-corrected chi connectivity index (χ3v) is 2.77. The summed E-state index contributed by atoms with van der Waals surface area (Å²) in [6.45, 7) is 1.77. The highest BCUT2D eigenvalue weighted by molar-refractivity contribution is 9.10. The molecule has 0 aliphatic carbocycles. The molecule has 0 bridgehead atoms. The topological polar surface area (TPSA) is 29.1 Å². The average Bonchev–Trinajstić information content (AvgIpc) is 2.13. The molecule has 1 aromatic carbocycles. The highest BCUT2D eigenvalue weighted by atomic mass is 79.9. The molecule has 0 heterocycles. The van der Waals surface area contributed by atoms with Crippen molar-refractivity contribution in [2.75, 3.05) is 5.32 Å². The van der Waals surface area contributed by atoms with Gasteiger partial charge in [0.15, 0.2) is 0 Å². The molecule has 1 aromatic rings. The van der Waals surface area contributed by atoms with Crippen molar-refractivity contribution in [3.05, 3.63) is 27.2 Å². The summed E-state index contributed by atoms with van der Waals surface area (Å²) in [5.41, 5.74) is 1.02. The number of rotatable bonds is 2. The van der Waals surface area contributed by atoms with E-state index in [-0.39, 0.29) is 5.69 Å². The van der Waals surface area contributed by atoms with Gasteiger partial charge in [0.2, 0.25) is 0 Å². The molecule has 1 rings (SSSR count). The number of amides is 1. The number of anilines is 1. The van der Waals surface area contributed by atoms with Gasteiger partial charge < -0.3 is 5.32 Å². The minimum Gasteiger partial charge on any atom is -0.320 e. The van der Waals surface area contributed by atoms with Crippen molar-refractivity contribution < 1.29 is 13.6 Å². The Balaban J connectivity index is 2.96. The van der Waals surface area contributed by atoms with E-state index in [2.05, 4.69) is 21.2 Å². The van der Waals surface area contributed by atoms with E-state index in [1.807, 2.05) is 0 Å². The summed E-state index contributed by atoms with van der Waals surface area (Å²) in [6.07, 6.45) is -3.04. The number of carbonyl (C=O) groups is 1. The predicted octanol–water partition coefficient (Wildman–Crippen LogP) is 3.61. The minimum absolute atomic E-state index is 0.232. The zero-order chi connectivity index (χ0) is 11.6. The van der Waals surface area contributed by atoms with Crippen molar-refractivity contribution in [3.63, 3.8) is 0 Å². The maximum Gasteiger partial charge on any atom is 0.315 e. The molecule has 0 radical (unpaired) electrons. The van der Waals surface area contributed by atoms with Gasteiger partial charge in [-0.2, -0.15) is 8.78 Å². The predicted molar refractivity (Wildman–Crippen MR) is 58.5 cm³/mol. The summed E-state index contributed by atoms with van der Waals surface area (Å²) in [4.78, 5) is 10.7. The Hall–Kier alpha value is -0.680. The quantitative estimate of drug-likeness (QED) is 0.888. The second-order valence-corrected chi connectivity index (χ2v) is 4.13. The number of halogens is 4. The molecule has 0 aliphatic rings. The van der Waals surface area contributed by atoms with E-state index in [1.165, 1.54) is 6.07 Å². The Morgan fingerprint density at radius 1 is 1.53 bits per heavy atom. The van der Waals surface area contributed by atoms with Gasteiger partial charge in [-0.15, -0.1) is 0 Å². The number of hydrogen-bond donors (Lipinski definition) is 1. The van der Waals surface area contributed by atoms with Gasteiger partial charge >= 0.3 is 6.43 Å². The van der Waals surface area contributed by atoms with Crippen molar-refractivity contribution in [2.24, 2.45) is 0 Å². The van der Waals surface area contributed by atoms with Gasteiger partial charge in [-0.3, -0.25) is 4.79 Å². The van der Waals surface area contributed by atoms with Crippen LogP contribution >= 0.6 is 27.5 Å². The van der Waals surface area contributed by atoms with E-state index in [4.69, 9.17) is 11.6 Å². The van der Waals surface area contributed by atoms with Crippen molar-refractivity contribution in [2.45, 2.75) is 13.3 Å². The molecule has 0 aromatic heterocycles. The highest BCUT2D eigenvalue weighted by Crippen LogP contribution is 2.29. The fourth-order valence-corrected chi connectivity index (χ4v) is 1.65. The lowest BCUT2D eigenvalue weighted by atomic mass is 10.2. The largest absolute Gasteiger partial charge is 0.320 e. The summed E-state index contributed by atoms with van der Waals surface area (Å²) in [7, 11) is 0. The van der Waals surface area contributed by atoms with Crippen LogP contribution in [-0.4, -0.2) is 12.3 Å². The van der Waals surface area contributed by atoms with Gasteiger partial charge in [-0.05, 0) is 40.5 Å². The van der Waals surface area contributed by atoms with Gasteiger partial charge in [-0.1, -0.05) is 11.6 Å². The van der Waals surface area contributed by atoms with E-state index in [9.17, 15) is 13.6 Å². The summed E-state index contributed by atoms with van der Waals surface area (Å²) in [5.74, 6) is -1.35. The van der Waals surface area contributed by atoms with Crippen LogP contribution in [0.3, 0.4) is 0 Å². The van der Waals surface area contributed by atoms with Crippen LogP contribution in [0.2, 0.25) is 5.02 Å². The first-order valence-electron chi connectivity index (χ1n) is 3.96. The fraction of sp³-hybridized carbons (Fsp3) is 0.222. The van der Waals surface area contributed by atoms with E-state index in [1.54, 1.807) is 13.0 Å². The second-order valence-electron chi connectivity index (χ2n) is 2.87. The molecule has 2 nitrogen and oxygen atoms in total. The lowest BCUT2D eigenvalue weighted by Crippen LogP contribution is -2.20. The monoisotopic (exact) mass is 297 g/mol. The molecule has 0 spiro atoms. The SMILES string of the molecule is Cc1cc(Br)c(NC(=O)C(F)F)cc1Cl. The zero-order valence-corrected chi connectivity index (χ0v) is 9.99. The smallest absolute Gasteiger partial charge is 0.315 e. The van der Waals surface area contributed by atoms with Crippen LogP contribution in [-0.2, 0) is 4.79 Å². The van der Waals surface area contributed by atoms with Gasteiger partial charge in [0, 0.05) is 9.50 Å². The molecule has 0 fully saturated rings. The van der Waals surface area contributed by atoms with Crippen molar-refractivity contribution in [1.82, 2.24) is 0 Å². The van der Waals surface area contributed by atoms with E-state index in [0.29, 0.717) is 9.50 Å². The van der Waals surface area contributed by atoms with E-state index in [0.717, 1.165) is 5.56 Å². The fourth-order valence-electron chi connectivity index (χ4n) is 0.929. The Bertz CT molecular complexity index is 398. The summed E-state index contributed by atoms with van der Waals surface area (Å²) in [6, 6.07) is 3.06. The summed E-state index contributed by atoms with van der Waals surface area (Å²) < 4.78 is 24.4. The molecule has 0 aliphatic heterocycles. The number of hydrogen-bond acceptors (Lipinski definition) is 1. The molecular formula is C9H7BrClF2NO. The molecule has 6 heteroatoms. The van der Waals surface area contributed by atoms with Crippen LogP contribution in [0.25, 0.3) is 0 Å². The highest BCUT2D eigenvalue weighted by Gasteiger charge is 2.16. The first-order valence-corrected chi connectivity index (χ1v) is 5.13. The summed E-state index contributed by atoms with van der Waals surface area (Å²) >= 11 is 8.93. The van der Waals surface area contributed by atoms with Crippen LogP contribution in [0.1, 0.15) is 5.56 Å². The summed E-state index contributed by atoms with van der Waals surface area (Å²) in [5, 5.41) is 2.46. The minimum atomic E-state index is -3.04. The zero-order valence-electron chi connectivity index (χ0n) is 7.65.